The van der Waals surface area contributed by atoms with E-state index in [1.54, 1.807) is 42.5 Å². The summed E-state index contributed by atoms with van der Waals surface area (Å²) in [7, 11) is 1.51. The minimum absolute atomic E-state index is 0.166. The molecule has 1 aliphatic rings. The summed E-state index contributed by atoms with van der Waals surface area (Å²) in [6.07, 6.45) is 0. The summed E-state index contributed by atoms with van der Waals surface area (Å²) in [5.41, 5.74) is 2.91. The highest BCUT2D eigenvalue weighted by atomic mass is 35.5. The second-order valence-corrected chi connectivity index (χ2v) is 7.90. The van der Waals surface area contributed by atoms with E-state index < -0.39 is 11.8 Å². The van der Waals surface area contributed by atoms with Crippen molar-refractivity contribution in [3.8, 4) is 11.5 Å². The van der Waals surface area contributed by atoms with Crippen molar-refractivity contribution in [1.29, 1.82) is 0 Å². The molecule has 0 aromatic heterocycles. The van der Waals surface area contributed by atoms with Crippen molar-refractivity contribution in [3.63, 3.8) is 0 Å². The van der Waals surface area contributed by atoms with E-state index in [-0.39, 0.29) is 11.3 Å². The van der Waals surface area contributed by atoms with Crippen molar-refractivity contribution in [2.75, 3.05) is 23.9 Å². The number of halogens is 1. The fraction of sp³-hybridized carbons (Fsp3) is 0.154. The topological polar surface area (TPSA) is 67.9 Å². The lowest BCUT2D eigenvalue weighted by Gasteiger charge is -2.19. The second-order valence-electron chi connectivity index (χ2n) is 7.46. The fourth-order valence-corrected chi connectivity index (χ4v) is 3.82. The number of nitrogens with zero attached hydrogens (tertiary/aromatic N) is 1. The van der Waals surface area contributed by atoms with Crippen molar-refractivity contribution in [2.24, 2.45) is 0 Å². The average Bonchev–Trinajstić information content (AvgIpc) is 3.04. The molecule has 6 nitrogen and oxygen atoms in total. The number of ether oxygens (including phenoxy) is 2. The third kappa shape index (κ3) is 4.43. The zero-order valence-corrected chi connectivity index (χ0v) is 19.3. The average molecular weight is 463 g/mol. The molecule has 33 heavy (non-hydrogen) atoms. The van der Waals surface area contributed by atoms with E-state index in [0.717, 1.165) is 10.5 Å². The van der Waals surface area contributed by atoms with Crippen molar-refractivity contribution >= 4 is 40.4 Å². The zero-order valence-electron chi connectivity index (χ0n) is 18.5. The standard InChI is InChI=1S/C26H23ClN2O4/c1-4-33-20-7-5-6-19(15-20)28-24-23(17-9-11-18(27)12-10-17)25(30)29(26(24)31)21-14-16(2)8-13-22(21)32-3/h5-15,28H,4H2,1-3H3. The summed E-state index contributed by atoms with van der Waals surface area (Å²) in [4.78, 5) is 28.4. The van der Waals surface area contributed by atoms with Crippen LogP contribution in [-0.2, 0) is 9.59 Å². The maximum absolute atomic E-state index is 13.6. The van der Waals surface area contributed by atoms with Crippen LogP contribution in [0, 0.1) is 6.92 Å². The maximum atomic E-state index is 13.6. The van der Waals surface area contributed by atoms with Gasteiger partial charge in [-0.25, -0.2) is 4.90 Å². The predicted octanol–water partition coefficient (Wildman–Crippen LogP) is 5.45. The van der Waals surface area contributed by atoms with E-state index in [1.807, 2.05) is 38.1 Å². The van der Waals surface area contributed by atoms with Gasteiger partial charge in [0.2, 0.25) is 0 Å². The number of benzene rings is 3. The van der Waals surface area contributed by atoms with Gasteiger partial charge in [0, 0.05) is 16.8 Å². The highest BCUT2D eigenvalue weighted by Gasteiger charge is 2.41. The Morgan fingerprint density at radius 2 is 1.73 bits per heavy atom. The van der Waals surface area contributed by atoms with E-state index >= 15 is 0 Å². The molecule has 3 aromatic rings. The number of rotatable bonds is 7. The molecule has 7 heteroatoms. The normalized spacial score (nSPS) is 13.5. The molecule has 0 atom stereocenters. The summed E-state index contributed by atoms with van der Waals surface area (Å²) in [6.45, 7) is 4.30. The Morgan fingerprint density at radius 3 is 2.42 bits per heavy atom. The minimum Gasteiger partial charge on any atom is -0.495 e. The maximum Gasteiger partial charge on any atom is 0.282 e. The highest BCUT2D eigenvalue weighted by molar-refractivity contribution is 6.46. The predicted molar refractivity (Wildman–Crippen MR) is 130 cm³/mol. The lowest BCUT2D eigenvalue weighted by molar-refractivity contribution is -0.120. The molecular formula is C26H23ClN2O4. The number of amides is 2. The SMILES string of the molecule is CCOc1cccc(NC2=C(c3ccc(Cl)cc3)C(=O)N(c3cc(C)ccc3OC)C2=O)c1. The lowest BCUT2D eigenvalue weighted by Crippen LogP contribution is -2.32. The van der Waals surface area contributed by atoms with Crippen LogP contribution in [0.5, 0.6) is 11.5 Å². The number of aryl methyl sites for hydroxylation is 1. The number of hydrogen-bond donors (Lipinski definition) is 1. The number of hydrogen-bond acceptors (Lipinski definition) is 5. The van der Waals surface area contributed by atoms with Gasteiger partial charge < -0.3 is 14.8 Å². The zero-order chi connectivity index (χ0) is 23.5. The third-order valence-corrected chi connectivity index (χ3v) is 5.46. The molecule has 4 rings (SSSR count). The number of carbonyl (C=O) groups excluding carboxylic acids is 2. The van der Waals surface area contributed by atoms with Crippen LogP contribution in [-0.4, -0.2) is 25.5 Å². The van der Waals surface area contributed by atoms with Crippen molar-refractivity contribution in [3.05, 3.63) is 88.6 Å². The summed E-state index contributed by atoms with van der Waals surface area (Å²) >= 11 is 6.05. The van der Waals surface area contributed by atoms with Gasteiger partial charge in [0.25, 0.3) is 11.8 Å². The first-order chi connectivity index (χ1) is 15.9. The molecule has 0 bridgehead atoms. The van der Waals surface area contributed by atoms with Gasteiger partial charge in [0.15, 0.2) is 0 Å². The van der Waals surface area contributed by atoms with Crippen LogP contribution >= 0.6 is 11.6 Å². The first-order valence-corrected chi connectivity index (χ1v) is 10.8. The van der Waals surface area contributed by atoms with Gasteiger partial charge in [-0.15, -0.1) is 0 Å². The molecule has 0 spiro atoms. The Bertz CT molecular complexity index is 1250. The first kappa shape index (κ1) is 22.4. The lowest BCUT2D eigenvalue weighted by atomic mass is 10.0. The second kappa shape index (κ2) is 9.38. The van der Waals surface area contributed by atoms with Crippen LogP contribution in [0.2, 0.25) is 5.02 Å². The van der Waals surface area contributed by atoms with E-state index in [0.29, 0.717) is 40.1 Å². The monoisotopic (exact) mass is 462 g/mol. The van der Waals surface area contributed by atoms with E-state index in [2.05, 4.69) is 5.32 Å². The van der Waals surface area contributed by atoms with Crippen molar-refractivity contribution < 1.29 is 19.1 Å². The van der Waals surface area contributed by atoms with Gasteiger partial charge in [0.05, 0.1) is 25.0 Å². The van der Waals surface area contributed by atoms with Gasteiger partial charge in [-0.1, -0.05) is 35.9 Å². The Labute approximate surface area is 197 Å². The van der Waals surface area contributed by atoms with Crippen molar-refractivity contribution in [1.82, 2.24) is 0 Å². The van der Waals surface area contributed by atoms with E-state index in [4.69, 9.17) is 21.1 Å². The van der Waals surface area contributed by atoms with Crippen molar-refractivity contribution in [2.45, 2.75) is 13.8 Å². The third-order valence-electron chi connectivity index (χ3n) is 5.21. The number of anilines is 2. The Kier molecular flexibility index (Phi) is 6.38. The number of imide groups is 1. The summed E-state index contributed by atoms with van der Waals surface area (Å²) < 4.78 is 11.0. The molecule has 0 saturated heterocycles. The molecule has 1 aliphatic heterocycles. The molecule has 168 valence electrons. The van der Waals surface area contributed by atoms with Crippen LogP contribution in [0.25, 0.3) is 5.57 Å². The van der Waals surface area contributed by atoms with Gasteiger partial charge in [0.1, 0.15) is 17.2 Å². The smallest absolute Gasteiger partial charge is 0.282 e. The molecular weight excluding hydrogens is 440 g/mol. The molecule has 0 radical (unpaired) electrons. The van der Waals surface area contributed by atoms with Gasteiger partial charge in [-0.3, -0.25) is 9.59 Å². The summed E-state index contributed by atoms with van der Waals surface area (Å²) in [5.74, 6) is 0.160. The molecule has 0 saturated carbocycles. The van der Waals surface area contributed by atoms with Gasteiger partial charge in [-0.05, 0) is 61.4 Å². The van der Waals surface area contributed by atoms with Crippen LogP contribution in [0.4, 0.5) is 11.4 Å². The highest BCUT2D eigenvalue weighted by Crippen LogP contribution is 2.38. The van der Waals surface area contributed by atoms with E-state index in [1.165, 1.54) is 7.11 Å². The fourth-order valence-electron chi connectivity index (χ4n) is 3.70. The van der Waals surface area contributed by atoms with Crippen LogP contribution < -0.4 is 19.7 Å². The van der Waals surface area contributed by atoms with E-state index in [9.17, 15) is 9.59 Å². The Hall–Kier alpha value is -3.77. The van der Waals surface area contributed by atoms with Crippen LogP contribution in [0.1, 0.15) is 18.1 Å². The van der Waals surface area contributed by atoms with Gasteiger partial charge in [-0.2, -0.15) is 0 Å². The Balaban J connectivity index is 1.83. The molecule has 0 unspecified atom stereocenters. The minimum atomic E-state index is -0.476. The first-order valence-electron chi connectivity index (χ1n) is 10.5. The van der Waals surface area contributed by atoms with Gasteiger partial charge >= 0.3 is 0 Å². The molecule has 1 heterocycles. The molecule has 3 aromatic carbocycles. The molecule has 0 fully saturated rings. The molecule has 2 amide bonds. The summed E-state index contributed by atoms with van der Waals surface area (Å²) in [6, 6.07) is 19.4. The van der Waals surface area contributed by atoms with Crippen LogP contribution in [0.3, 0.4) is 0 Å². The van der Waals surface area contributed by atoms with Crippen LogP contribution in [0.15, 0.2) is 72.4 Å². The Morgan fingerprint density at radius 1 is 0.970 bits per heavy atom. The number of methoxy groups -OCH3 is 1. The molecule has 1 N–H and O–H groups in total. The number of carbonyl (C=O) groups is 2. The number of nitrogens with one attached hydrogen (secondary N) is 1. The molecule has 0 aliphatic carbocycles. The largest absolute Gasteiger partial charge is 0.495 e. The quantitative estimate of drug-likeness (QED) is 0.473. The summed E-state index contributed by atoms with van der Waals surface area (Å²) in [5, 5.41) is 3.68.